The lowest BCUT2D eigenvalue weighted by Crippen LogP contribution is -2.63. The highest BCUT2D eigenvalue weighted by molar-refractivity contribution is 5.01. The number of hydrogen-bond acceptors (Lipinski definition) is 2. The Labute approximate surface area is 133 Å². The third-order valence-electron chi connectivity index (χ3n) is 5.78. The van der Waals surface area contributed by atoms with Gasteiger partial charge in [-0.2, -0.15) is 0 Å². The molecule has 0 bridgehead atoms. The lowest BCUT2D eigenvalue weighted by Gasteiger charge is -2.48. The number of unbranched alkanes of at least 4 members (excludes halogenated alkanes) is 5. The zero-order valence-corrected chi connectivity index (χ0v) is 14.6. The Morgan fingerprint density at radius 2 is 1.67 bits per heavy atom. The van der Waals surface area contributed by atoms with Crippen LogP contribution in [0.2, 0.25) is 0 Å². The second kappa shape index (κ2) is 9.15. The Morgan fingerprint density at radius 3 is 2.38 bits per heavy atom. The first kappa shape index (κ1) is 17.3. The van der Waals surface area contributed by atoms with E-state index in [1.165, 1.54) is 96.7 Å². The molecule has 2 heteroatoms. The van der Waals surface area contributed by atoms with Gasteiger partial charge in [-0.1, -0.05) is 65.2 Å². The summed E-state index contributed by atoms with van der Waals surface area (Å²) in [5.41, 5.74) is 0.535. The number of nitrogens with one attached hydrogen (secondary N) is 1. The highest BCUT2D eigenvalue weighted by atomic mass is 15.3. The van der Waals surface area contributed by atoms with Crippen LogP contribution < -0.4 is 5.32 Å². The molecule has 2 rings (SSSR count). The molecule has 0 aromatic rings. The smallest absolute Gasteiger partial charge is 0.0334 e. The monoisotopic (exact) mass is 294 g/mol. The van der Waals surface area contributed by atoms with Crippen LogP contribution in [0.15, 0.2) is 0 Å². The summed E-state index contributed by atoms with van der Waals surface area (Å²) in [6, 6.07) is 0.751. The van der Waals surface area contributed by atoms with Crippen molar-refractivity contribution in [1.82, 2.24) is 10.2 Å². The molecule has 21 heavy (non-hydrogen) atoms. The summed E-state index contributed by atoms with van der Waals surface area (Å²) in [5.74, 6) is 0. The van der Waals surface area contributed by atoms with E-state index in [2.05, 4.69) is 24.1 Å². The van der Waals surface area contributed by atoms with Crippen LogP contribution in [0.3, 0.4) is 0 Å². The largest absolute Gasteiger partial charge is 0.311 e. The van der Waals surface area contributed by atoms with Gasteiger partial charge in [-0.25, -0.2) is 0 Å². The summed E-state index contributed by atoms with van der Waals surface area (Å²) >= 11 is 0. The average Bonchev–Trinajstić information content (AvgIpc) is 2.96. The zero-order chi connectivity index (χ0) is 15.0. The maximum absolute atomic E-state index is 3.86. The van der Waals surface area contributed by atoms with E-state index < -0.39 is 0 Å². The lowest BCUT2D eigenvalue weighted by atomic mass is 9.89. The van der Waals surface area contributed by atoms with E-state index in [1.54, 1.807) is 0 Å². The van der Waals surface area contributed by atoms with Gasteiger partial charge in [0, 0.05) is 24.7 Å². The Bertz CT molecular complexity index is 271. The highest BCUT2D eigenvalue weighted by Crippen LogP contribution is 2.37. The van der Waals surface area contributed by atoms with E-state index in [0.29, 0.717) is 5.54 Å². The van der Waals surface area contributed by atoms with Crippen molar-refractivity contribution in [3.8, 4) is 0 Å². The van der Waals surface area contributed by atoms with Gasteiger partial charge in [0.2, 0.25) is 0 Å². The standard InChI is InChI=1S/C19H38N2/c1-3-5-6-7-8-11-15-21-16-18(12-4-2)20-17-19(21)13-9-10-14-19/h18,20H,3-17H2,1-2H3. The lowest BCUT2D eigenvalue weighted by molar-refractivity contribution is 0.0395. The molecule has 2 fully saturated rings. The molecule has 1 heterocycles. The number of piperazine rings is 1. The highest BCUT2D eigenvalue weighted by Gasteiger charge is 2.42. The summed E-state index contributed by atoms with van der Waals surface area (Å²) in [6.45, 7) is 8.54. The van der Waals surface area contributed by atoms with Crippen LogP contribution in [0.1, 0.15) is 90.9 Å². The molecule has 1 aliphatic heterocycles. The first-order chi connectivity index (χ1) is 10.3. The maximum Gasteiger partial charge on any atom is 0.0334 e. The molecule has 0 radical (unpaired) electrons. The fraction of sp³-hybridized carbons (Fsp3) is 1.00. The molecular formula is C19H38N2. The summed E-state index contributed by atoms with van der Waals surface area (Å²) in [7, 11) is 0. The van der Waals surface area contributed by atoms with Crippen LogP contribution in [0.25, 0.3) is 0 Å². The van der Waals surface area contributed by atoms with Crippen molar-refractivity contribution in [3.05, 3.63) is 0 Å². The number of rotatable bonds is 9. The molecular weight excluding hydrogens is 256 g/mol. The van der Waals surface area contributed by atoms with E-state index in [-0.39, 0.29) is 0 Å². The van der Waals surface area contributed by atoms with Gasteiger partial charge in [-0.05, 0) is 32.2 Å². The molecule has 1 aliphatic carbocycles. The molecule has 1 N–H and O–H groups in total. The molecule has 2 nitrogen and oxygen atoms in total. The van der Waals surface area contributed by atoms with Gasteiger partial charge in [-0.15, -0.1) is 0 Å². The third kappa shape index (κ3) is 4.96. The van der Waals surface area contributed by atoms with Crippen molar-refractivity contribution in [2.24, 2.45) is 0 Å². The predicted octanol–water partition coefficient (Wildman–Crippen LogP) is 4.73. The minimum absolute atomic E-state index is 0.535. The molecule has 0 aromatic carbocycles. The topological polar surface area (TPSA) is 15.3 Å². The van der Waals surface area contributed by atoms with Crippen LogP contribution in [-0.4, -0.2) is 36.1 Å². The minimum atomic E-state index is 0.535. The predicted molar refractivity (Wildman–Crippen MR) is 92.8 cm³/mol. The zero-order valence-electron chi connectivity index (χ0n) is 14.6. The Kier molecular flexibility index (Phi) is 7.53. The van der Waals surface area contributed by atoms with Crippen molar-refractivity contribution >= 4 is 0 Å². The van der Waals surface area contributed by atoms with Crippen molar-refractivity contribution in [3.63, 3.8) is 0 Å². The van der Waals surface area contributed by atoms with Crippen LogP contribution in [0.4, 0.5) is 0 Å². The number of hydrogen-bond donors (Lipinski definition) is 1. The maximum atomic E-state index is 3.86. The van der Waals surface area contributed by atoms with Gasteiger partial charge in [0.1, 0.15) is 0 Å². The molecule has 1 atom stereocenters. The molecule has 1 spiro atoms. The van der Waals surface area contributed by atoms with E-state index in [0.717, 1.165) is 6.04 Å². The molecule has 0 aromatic heterocycles. The summed E-state index contributed by atoms with van der Waals surface area (Å²) < 4.78 is 0. The van der Waals surface area contributed by atoms with E-state index >= 15 is 0 Å². The Morgan fingerprint density at radius 1 is 0.952 bits per heavy atom. The summed E-state index contributed by atoms with van der Waals surface area (Å²) in [5, 5.41) is 3.86. The van der Waals surface area contributed by atoms with E-state index in [1.807, 2.05) is 0 Å². The fourth-order valence-electron chi connectivity index (χ4n) is 4.45. The van der Waals surface area contributed by atoms with Crippen LogP contribution in [0.5, 0.6) is 0 Å². The Balaban J connectivity index is 1.77. The first-order valence-corrected chi connectivity index (χ1v) is 9.79. The fourth-order valence-corrected chi connectivity index (χ4v) is 4.45. The summed E-state index contributed by atoms with van der Waals surface area (Å²) in [6.07, 6.45) is 17.0. The molecule has 1 unspecified atom stereocenters. The van der Waals surface area contributed by atoms with Gasteiger partial charge in [-0.3, -0.25) is 4.90 Å². The van der Waals surface area contributed by atoms with Crippen LogP contribution in [0, 0.1) is 0 Å². The molecule has 1 saturated carbocycles. The van der Waals surface area contributed by atoms with Gasteiger partial charge >= 0.3 is 0 Å². The SMILES string of the molecule is CCCCCCCCN1CC(CCC)NCC12CCCC2. The second-order valence-electron chi connectivity index (χ2n) is 7.51. The normalized spacial score (nSPS) is 25.7. The summed E-state index contributed by atoms with van der Waals surface area (Å²) in [4.78, 5) is 2.90. The number of nitrogens with zero attached hydrogens (tertiary/aromatic N) is 1. The quantitative estimate of drug-likeness (QED) is 0.618. The van der Waals surface area contributed by atoms with Crippen LogP contribution >= 0.6 is 0 Å². The minimum Gasteiger partial charge on any atom is -0.311 e. The Hall–Kier alpha value is -0.0800. The van der Waals surface area contributed by atoms with Crippen LogP contribution in [-0.2, 0) is 0 Å². The van der Waals surface area contributed by atoms with Crippen molar-refractivity contribution in [1.29, 1.82) is 0 Å². The second-order valence-corrected chi connectivity index (χ2v) is 7.51. The molecule has 0 amide bonds. The van der Waals surface area contributed by atoms with Gasteiger partial charge in [0.25, 0.3) is 0 Å². The first-order valence-electron chi connectivity index (χ1n) is 9.79. The molecule has 2 aliphatic rings. The molecule has 1 saturated heterocycles. The van der Waals surface area contributed by atoms with Crippen molar-refractivity contribution in [2.45, 2.75) is 102 Å². The van der Waals surface area contributed by atoms with E-state index in [9.17, 15) is 0 Å². The van der Waals surface area contributed by atoms with Gasteiger partial charge in [0.15, 0.2) is 0 Å². The van der Waals surface area contributed by atoms with Gasteiger partial charge in [0.05, 0.1) is 0 Å². The third-order valence-corrected chi connectivity index (χ3v) is 5.78. The average molecular weight is 295 g/mol. The van der Waals surface area contributed by atoms with Gasteiger partial charge < -0.3 is 5.32 Å². The van der Waals surface area contributed by atoms with Crippen molar-refractivity contribution < 1.29 is 0 Å². The molecule has 124 valence electrons. The van der Waals surface area contributed by atoms with Crippen molar-refractivity contribution in [2.75, 3.05) is 19.6 Å². The van der Waals surface area contributed by atoms with E-state index in [4.69, 9.17) is 0 Å².